The van der Waals surface area contributed by atoms with Crippen molar-refractivity contribution in [1.82, 2.24) is 20.3 Å². The summed E-state index contributed by atoms with van der Waals surface area (Å²) in [7, 11) is 0. The van der Waals surface area contributed by atoms with E-state index < -0.39 is 0 Å². The van der Waals surface area contributed by atoms with Crippen molar-refractivity contribution in [2.75, 3.05) is 0 Å². The SMILES string of the molecule is CC1(C)CCC(NCc2ccc(-c3ccc4nc[nH]c4c3)nc2)CC1. The Kier molecular flexibility index (Phi) is 4.30. The monoisotopic (exact) mass is 334 g/mol. The van der Waals surface area contributed by atoms with Crippen molar-refractivity contribution in [2.45, 2.75) is 52.1 Å². The number of aromatic nitrogens is 3. The van der Waals surface area contributed by atoms with E-state index in [1.54, 1.807) is 6.33 Å². The van der Waals surface area contributed by atoms with Crippen molar-refractivity contribution in [2.24, 2.45) is 5.41 Å². The van der Waals surface area contributed by atoms with E-state index in [9.17, 15) is 0 Å². The lowest BCUT2D eigenvalue weighted by Gasteiger charge is -2.34. The van der Waals surface area contributed by atoms with Crippen molar-refractivity contribution < 1.29 is 0 Å². The van der Waals surface area contributed by atoms with Crippen molar-refractivity contribution >= 4 is 11.0 Å². The maximum atomic E-state index is 4.65. The topological polar surface area (TPSA) is 53.6 Å². The summed E-state index contributed by atoms with van der Waals surface area (Å²) in [4.78, 5) is 12.1. The van der Waals surface area contributed by atoms with Gasteiger partial charge in [-0.05, 0) is 54.9 Å². The molecule has 4 heteroatoms. The molecular weight excluding hydrogens is 308 g/mol. The van der Waals surface area contributed by atoms with Gasteiger partial charge in [-0.2, -0.15) is 0 Å². The summed E-state index contributed by atoms with van der Waals surface area (Å²) in [6, 6.07) is 11.1. The predicted molar refractivity (Wildman–Crippen MR) is 102 cm³/mol. The van der Waals surface area contributed by atoms with Gasteiger partial charge in [0.25, 0.3) is 0 Å². The van der Waals surface area contributed by atoms with Gasteiger partial charge in [0.05, 0.1) is 23.1 Å². The van der Waals surface area contributed by atoms with Crippen LogP contribution in [0.2, 0.25) is 0 Å². The number of hydrogen-bond donors (Lipinski definition) is 2. The summed E-state index contributed by atoms with van der Waals surface area (Å²) in [5, 5.41) is 3.70. The van der Waals surface area contributed by atoms with Gasteiger partial charge in [0.1, 0.15) is 0 Å². The Hall–Kier alpha value is -2.20. The van der Waals surface area contributed by atoms with Gasteiger partial charge >= 0.3 is 0 Å². The molecule has 0 spiro atoms. The van der Waals surface area contributed by atoms with Crippen LogP contribution < -0.4 is 5.32 Å². The number of benzene rings is 1. The van der Waals surface area contributed by atoms with Crippen molar-refractivity contribution in [3.8, 4) is 11.3 Å². The maximum absolute atomic E-state index is 4.65. The van der Waals surface area contributed by atoms with Gasteiger partial charge in [0.2, 0.25) is 0 Å². The molecule has 1 fully saturated rings. The maximum Gasteiger partial charge on any atom is 0.0931 e. The van der Waals surface area contributed by atoms with E-state index in [0.29, 0.717) is 11.5 Å². The molecule has 25 heavy (non-hydrogen) atoms. The first-order valence-electron chi connectivity index (χ1n) is 9.21. The van der Waals surface area contributed by atoms with Crippen LogP contribution in [0.15, 0.2) is 42.9 Å². The molecule has 1 aliphatic carbocycles. The highest BCUT2D eigenvalue weighted by Crippen LogP contribution is 2.35. The van der Waals surface area contributed by atoms with Crippen LogP contribution in [0.25, 0.3) is 22.3 Å². The van der Waals surface area contributed by atoms with E-state index in [4.69, 9.17) is 0 Å². The number of nitrogens with one attached hydrogen (secondary N) is 2. The average molecular weight is 334 g/mol. The number of nitrogens with zero attached hydrogens (tertiary/aromatic N) is 2. The van der Waals surface area contributed by atoms with Crippen LogP contribution in [0.1, 0.15) is 45.1 Å². The van der Waals surface area contributed by atoms with E-state index in [-0.39, 0.29) is 0 Å². The lowest BCUT2D eigenvalue weighted by atomic mass is 9.75. The minimum atomic E-state index is 0.525. The number of rotatable bonds is 4. The molecule has 0 bridgehead atoms. The Morgan fingerprint density at radius 1 is 1.12 bits per heavy atom. The fourth-order valence-electron chi connectivity index (χ4n) is 3.66. The minimum absolute atomic E-state index is 0.525. The highest BCUT2D eigenvalue weighted by Gasteiger charge is 2.26. The number of pyridine rings is 1. The number of hydrogen-bond acceptors (Lipinski definition) is 3. The zero-order chi connectivity index (χ0) is 17.3. The molecular formula is C21H26N4. The molecule has 0 radical (unpaired) electrons. The molecule has 4 rings (SSSR count). The minimum Gasteiger partial charge on any atom is -0.345 e. The fourth-order valence-corrected chi connectivity index (χ4v) is 3.66. The third-order valence-electron chi connectivity index (χ3n) is 5.47. The summed E-state index contributed by atoms with van der Waals surface area (Å²) in [5.41, 5.74) is 5.92. The summed E-state index contributed by atoms with van der Waals surface area (Å²) < 4.78 is 0. The molecule has 4 nitrogen and oxygen atoms in total. The van der Waals surface area contributed by atoms with Gasteiger partial charge in [-0.25, -0.2) is 4.98 Å². The van der Waals surface area contributed by atoms with Crippen LogP contribution in [-0.4, -0.2) is 21.0 Å². The molecule has 0 aliphatic heterocycles. The quantitative estimate of drug-likeness (QED) is 0.728. The van der Waals surface area contributed by atoms with E-state index in [2.05, 4.69) is 58.4 Å². The second-order valence-corrected chi connectivity index (χ2v) is 8.01. The molecule has 0 unspecified atom stereocenters. The van der Waals surface area contributed by atoms with Crippen LogP contribution in [0.5, 0.6) is 0 Å². The molecule has 2 N–H and O–H groups in total. The predicted octanol–water partition coefficient (Wildman–Crippen LogP) is 4.68. The van der Waals surface area contributed by atoms with Crippen molar-refractivity contribution in [3.63, 3.8) is 0 Å². The molecule has 1 aromatic carbocycles. The largest absolute Gasteiger partial charge is 0.345 e. The summed E-state index contributed by atoms with van der Waals surface area (Å²) in [5.74, 6) is 0. The van der Waals surface area contributed by atoms with E-state index in [0.717, 1.165) is 28.8 Å². The highest BCUT2D eigenvalue weighted by molar-refractivity contribution is 5.80. The zero-order valence-corrected chi connectivity index (χ0v) is 15.0. The Morgan fingerprint density at radius 2 is 1.96 bits per heavy atom. The Labute approximate surface area is 149 Å². The molecule has 0 amide bonds. The number of aromatic amines is 1. The summed E-state index contributed by atoms with van der Waals surface area (Å²) >= 11 is 0. The Balaban J connectivity index is 1.38. The van der Waals surface area contributed by atoms with Crippen LogP contribution >= 0.6 is 0 Å². The van der Waals surface area contributed by atoms with Gasteiger partial charge in [0, 0.05) is 24.3 Å². The van der Waals surface area contributed by atoms with Gasteiger partial charge in [-0.15, -0.1) is 0 Å². The molecule has 2 aromatic heterocycles. The normalized spacial score (nSPS) is 17.8. The number of fused-ring (bicyclic) bond motifs is 1. The first-order valence-corrected chi connectivity index (χ1v) is 9.21. The number of imidazole rings is 1. The van der Waals surface area contributed by atoms with Crippen LogP contribution in [0.4, 0.5) is 0 Å². The smallest absolute Gasteiger partial charge is 0.0931 e. The van der Waals surface area contributed by atoms with E-state index in [1.165, 1.54) is 31.2 Å². The zero-order valence-electron chi connectivity index (χ0n) is 15.0. The molecule has 0 saturated heterocycles. The third-order valence-corrected chi connectivity index (χ3v) is 5.47. The van der Waals surface area contributed by atoms with Crippen molar-refractivity contribution in [1.29, 1.82) is 0 Å². The van der Waals surface area contributed by atoms with Gasteiger partial charge in [-0.3, -0.25) is 4.98 Å². The molecule has 0 atom stereocenters. The molecule has 2 heterocycles. The summed E-state index contributed by atoms with van der Waals surface area (Å²) in [6.07, 6.45) is 8.91. The summed E-state index contributed by atoms with van der Waals surface area (Å²) in [6.45, 7) is 5.66. The highest BCUT2D eigenvalue weighted by atomic mass is 14.9. The standard InChI is InChI=1S/C21H26N4/c1-21(2)9-7-17(8-10-21)22-12-15-3-5-18(23-13-15)16-4-6-19-20(11-16)25-14-24-19/h3-6,11,13-14,17,22H,7-10,12H2,1-2H3,(H,24,25). The lowest BCUT2D eigenvalue weighted by molar-refractivity contribution is 0.206. The van der Waals surface area contributed by atoms with Crippen LogP contribution in [-0.2, 0) is 6.54 Å². The molecule has 3 aromatic rings. The second kappa shape index (κ2) is 6.60. The van der Waals surface area contributed by atoms with Crippen LogP contribution in [0, 0.1) is 5.41 Å². The lowest BCUT2D eigenvalue weighted by Crippen LogP contribution is -2.35. The Bertz CT molecular complexity index is 838. The Morgan fingerprint density at radius 3 is 2.72 bits per heavy atom. The third kappa shape index (κ3) is 3.74. The van der Waals surface area contributed by atoms with E-state index >= 15 is 0 Å². The number of H-pyrrole nitrogens is 1. The molecule has 1 saturated carbocycles. The first kappa shape index (κ1) is 16.3. The van der Waals surface area contributed by atoms with Gasteiger partial charge in [0.15, 0.2) is 0 Å². The fraction of sp³-hybridized carbons (Fsp3) is 0.429. The first-order chi connectivity index (χ1) is 12.1. The van der Waals surface area contributed by atoms with Crippen molar-refractivity contribution in [3.05, 3.63) is 48.4 Å². The van der Waals surface area contributed by atoms with Crippen LogP contribution in [0.3, 0.4) is 0 Å². The molecule has 1 aliphatic rings. The van der Waals surface area contributed by atoms with Gasteiger partial charge < -0.3 is 10.3 Å². The molecule has 130 valence electrons. The second-order valence-electron chi connectivity index (χ2n) is 8.01. The van der Waals surface area contributed by atoms with Gasteiger partial charge in [-0.1, -0.05) is 26.0 Å². The average Bonchev–Trinajstić information content (AvgIpc) is 3.09. The van der Waals surface area contributed by atoms with E-state index in [1.807, 2.05) is 12.3 Å².